The van der Waals surface area contributed by atoms with Gasteiger partial charge in [0.2, 0.25) is 0 Å². The average Bonchev–Trinajstić information content (AvgIpc) is 2.47. The number of aliphatic hydroxyl groups excluding tert-OH is 1. The third kappa shape index (κ3) is 6.63. The van der Waals surface area contributed by atoms with Gasteiger partial charge in [-0.15, -0.1) is 0 Å². The SMILES string of the molecule is CCCc1ccccc1NC(=O)NCC(CCC)CCO. The number of para-hydroxylation sites is 1. The van der Waals surface area contributed by atoms with Gasteiger partial charge in [0, 0.05) is 18.8 Å². The van der Waals surface area contributed by atoms with Crippen LogP contribution in [0.25, 0.3) is 0 Å². The number of rotatable bonds is 9. The second-order valence-electron chi connectivity index (χ2n) is 5.41. The fourth-order valence-electron chi connectivity index (χ4n) is 2.47. The van der Waals surface area contributed by atoms with Crippen LogP contribution in [0.4, 0.5) is 10.5 Å². The van der Waals surface area contributed by atoms with Crippen molar-refractivity contribution in [2.24, 2.45) is 5.92 Å². The van der Waals surface area contributed by atoms with Gasteiger partial charge >= 0.3 is 6.03 Å². The molecule has 1 aromatic rings. The molecule has 0 aliphatic heterocycles. The van der Waals surface area contributed by atoms with Crippen LogP contribution in [0.5, 0.6) is 0 Å². The Morgan fingerprint density at radius 3 is 2.62 bits per heavy atom. The van der Waals surface area contributed by atoms with E-state index in [4.69, 9.17) is 5.11 Å². The molecule has 0 bridgehead atoms. The van der Waals surface area contributed by atoms with Crippen LogP contribution in [0.3, 0.4) is 0 Å². The summed E-state index contributed by atoms with van der Waals surface area (Å²) in [6.07, 6.45) is 4.83. The molecule has 4 heteroatoms. The molecule has 0 saturated heterocycles. The van der Waals surface area contributed by atoms with E-state index in [-0.39, 0.29) is 12.6 Å². The minimum absolute atomic E-state index is 0.169. The van der Waals surface area contributed by atoms with Crippen molar-refractivity contribution in [2.45, 2.75) is 46.0 Å². The summed E-state index contributed by atoms with van der Waals surface area (Å²) in [7, 11) is 0. The zero-order valence-corrected chi connectivity index (χ0v) is 13.2. The Hall–Kier alpha value is -1.55. The summed E-state index contributed by atoms with van der Waals surface area (Å²) in [5.74, 6) is 0.344. The Balaban J connectivity index is 2.49. The van der Waals surface area contributed by atoms with Crippen LogP contribution < -0.4 is 10.6 Å². The molecule has 1 rings (SSSR count). The molecule has 0 aliphatic rings. The highest BCUT2D eigenvalue weighted by Crippen LogP contribution is 2.16. The summed E-state index contributed by atoms with van der Waals surface area (Å²) in [6.45, 7) is 5.02. The number of anilines is 1. The third-order valence-corrected chi connectivity index (χ3v) is 3.57. The van der Waals surface area contributed by atoms with Crippen LogP contribution in [0.15, 0.2) is 24.3 Å². The second-order valence-corrected chi connectivity index (χ2v) is 5.41. The maximum atomic E-state index is 12.0. The van der Waals surface area contributed by atoms with Gasteiger partial charge in [-0.3, -0.25) is 0 Å². The highest BCUT2D eigenvalue weighted by Gasteiger charge is 2.10. The number of carbonyl (C=O) groups is 1. The first-order chi connectivity index (χ1) is 10.2. The molecule has 0 aromatic heterocycles. The number of urea groups is 1. The maximum absolute atomic E-state index is 12.0. The lowest BCUT2D eigenvalue weighted by Crippen LogP contribution is -2.33. The Morgan fingerprint density at radius 1 is 1.19 bits per heavy atom. The van der Waals surface area contributed by atoms with Gasteiger partial charge in [0.1, 0.15) is 0 Å². The Morgan fingerprint density at radius 2 is 1.95 bits per heavy atom. The van der Waals surface area contributed by atoms with Crippen molar-refractivity contribution in [1.82, 2.24) is 5.32 Å². The van der Waals surface area contributed by atoms with Gasteiger partial charge in [-0.05, 0) is 36.8 Å². The lowest BCUT2D eigenvalue weighted by atomic mass is 10.0. The molecule has 0 saturated carbocycles. The van der Waals surface area contributed by atoms with E-state index in [1.165, 1.54) is 0 Å². The van der Waals surface area contributed by atoms with Crippen molar-refractivity contribution in [1.29, 1.82) is 0 Å². The van der Waals surface area contributed by atoms with E-state index in [0.29, 0.717) is 12.5 Å². The number of carbonyl (C=O) groups excluding carboxylic acids is 1. The van der Waals surface area contributed by atoms with Gasteiger partial charge < -0.3 is 15.7 Å². The van der Waals surface area contributed by atoms with Crippen molar-refractivity contribution < 1.29 is 9.90 Å². The third-order valence-electron chi connectivity index (χ3n) is 3.57. The molecule has 21 heavy (non-hydrogen) atoms. The van der Waals surface area contributed by atoms with Crippen molar-refractivity contribution in [3.05, 3.63) is 29.8 Å². The fraction of sp³-hybridized carbons (Fsp3) is 0.588. The number of benzene rings is 1. The van der Waals surface area contributed by atoms with Gasteiger partial charge in [0.05, 0.1) is 0 Å². The Labute approximate surface area is 128 Å². The minimum atomic E-state index is -0.169. The molecule has 1 unspecified atom stereocenters. The molecule has 0 heterocycles. The van der Waals surface area contributed by atoms with Crippen LogP contribution in [-0.4, -0.2) is 24.3 Å². The molecule has 0 aliphatic carbocycles. The normalized spacial score (nSPS) is 12.0. The van der Waals surface area contributed by atoms with Crippen molar-refractivity contribution >= 4 is 11.7 Å². The Bertz CT molecular complexity index is 415. The van der Waals surface area contributed by atoms with Crippen LogP contribution in [0, 0.1) is 5.92 Å². The maximum Gasteiger partial charge on any atom is 0.319 e. The smallest absolute Gasteiger partial charge is 0.319 e. The van der Waals surface area contributed by atoms with E-state index >= 15 is 0 Å². The molecule has 2 amide bonds. The van der Waals surface area contributed by atoms with Crippen molar-refractivity contribution in [2.75, 3.05) is 18.5 Å². The van der Waals surface area contributed by atoms with Crippen LogP contribution >= 0.6 is 0 Å². The number of aliphatic hydroxyl groups is 1. The molecule has 1 aromatic carbocycles. The second kappa shape index (κ2) is 10.2. The number of hydrogen-bond donors (Lipinski definition) is 3. The first-order valence-electron chi connectivity index (χ1n) is 7.94. The zero-order chi connectivity index (χ0) is 15.5. The highest BCUT2D eigenvalue weighted by molar-refractivity contribution is 5.90. The molecule has 0 radical (unpaired) electrons. The van der Waals surface area contributed by atoms with Crippen LogP contribution in [0.2, 0.25) is 0 Å². The largest absolute Gasteiger partial charge is 0.396 e. The summed E-state index contributed by atoms with van der Waals surface area (Å²) in [5, 5.41) is 14.9. The van der Waals surface area contributed by atoms with Gasteiger partial charge in [-0.25, -0.2) is 4.79 Å². The predicted octanol–water partition coefficient (Wildman–Crippen LogP) is 3.56. The fourth-order valence-corrected chi connectivity index (χ4v) is 2.47. The number of aryl methyl sites for hydroxylation is 1. The molecule has 0 spiro atoms. The van der Waals surface area contributed by atoms with Gasteiger partial charge in [0.15, 0.2) is 0 Å². The Kier molecular flexibility index (Phi) is 8.51. The first kappa shape index (κ1) is 17.5. The number of hydrogen-bond acceptors (Lipinski definition) is 2. The van der Waals surface area contributed by atoms with Crippen LogP contribution in [0.1, 0.15) is 45.1 Å². The summed E-state index contributed by atoms with van der Waals surface area (Å²) in [6, 6.07) is 7.73. The molecule has 1 atom stereocenters. The molecular weight excluding hydrogens is 264 g/mol. The van der Waals surface area contributed by atoms with Gasteiger partial charge in [0.25, 0.3) is 0 Å². The summed E-state index contributed by atoms with van der Waals surface area (Å²) in [4.78, 5) is 12.0. The van der Waals surface area contributed by atoms with Crippen molar-refractivity contribution in [3.8, 4) is 0 Å². The monoisotopic (exact) mass is 292 g/mol. The molecule has 3 N–H and O–H groups in total. The quantitative estimate of drug-likeness (QED) is 0.651. The lowest BCUT2D eigenvalue weighted by Gasteiger charge is -2.17. The van der Waals surface area contributed by atoms with E-state index in [2.05, 4.69) is 24.5 Å². The molecule has 118 valence electrons. The molecular formula is C17H28N2O2. The first-order valence-corrected chi connectivity index (χ1v) is 7.94. The van der Waals surface area contributed by atoms with E-state index in [1.807, 2.05) is 24.3 Å². The molecule has 0 fully saturated rings. The number of nitrogens with one attached hydrogen (secondary N) is 2. The summed E-state index contributed by atoms with van der Waals surface area (Å²) < 4.78 is 0. The topological polar surface area (TPSA) is 61.4 Å². The zero-order valence-electron chi connectivity index (χ0n) is 13.2. The average molecular weight is 292 g/mol. The van der Waals surface area contributed by atoms with Crippen molar-refractivity contribution in [3.63, 3.8) is 0 Å². The number of amides is 2. The molecule has 4 nitrogen and oxygen atoms in total. The summed E-state index contributed by atoms with van der Waals surface area (Å²) in [5.41, 5.74) is 2.04. The van der Waals surface area contributed by atoms with Crippen LogP contribution in [-0.2, 0) is 6.42 Å². The summed E-state index contributed by atoms with van der Waals surface area (Å²) >= 11 is 0. The van der Waals surface area contributed by atoms with Gasteiger partial charge in [-0.1, -0.05) is 44.9 Å². The van der Waals surface area contributed by atoms with E-state index in [9.17, 15) is 4.79 Å². The minimum Gasteiger partial charge on any atom is -0.396 e. The highest BCUT2D eigenvalue weighted by atomic mass is 16.3. The van der Waals surface area contributed by atoms with E-state index in [1.54, 1.807) is 0 Å². The van der Waals surface area contributed by atoms with Gasteiger partial charge in [-0.2, -0.15) is 0 Å². The predicted molar refractivity (Wildman–Crippen MR) is 87.6 cm³/mol. The standard InChI is InChI=1S/C17H28N2O2/c1-3-7-14(11-12-20)13-18-17(21)19-16-10-6-5-9-15(16)8-4-2/h5-6,9-10,14,20H,3-4,7-8,11-13H2,1-2H3,(H2,18,19,21). The lowest BCUT2D eigenvalue weighted by molar-refractivity contribution is 0.236. The van der Waals surface area contributed by atoms with E-state index < -0.39 is 0 Å². The van der Waals surface area contributed by atoms with E-state index in [0.717, 1.165) is 43.4 Å².